The van der Waals surface area contributed by atoms with Crippen LogP contribution < -0.4 is 14.8 Å². The predicted molar refractivity (Wildman–Crippen MR) is 119 cm³/mol. The van der Waals surface area contributed by atoms with Crippen molar-refractivity contribution in [2.24, 2.45) is 0 Å². The van der Waals surface area contributed by atoms with Crippen LogP contribution in [-0.4, -0.2) is 24.6 Å². The number of methoxy groups -OCH3 is 1. The Morgan fingerprint density at radius 1 is 0.970 bits per heavy atom. The van der Waals surface area contributed by atoms with Crippen LogP contribution in [-0.2, 0) is 11.0 Å². The Morgan fingerprint density at radius 2 is 1.67 bits per heavy atom. The second-order valence-electron chi connectivity index (χ2n) is 7.13. The summed E-state index contributed by atoms with van der Waals surface area (Å²) in [5.74, 6) is 0.385. The summed E-state index contributed by atoms with van der Waals surface area (Å²) in [5.41, 5.74) is 0.847. The van der Waals surface area contributed by atoms with Gasteiger partial charge in [-0.15, -0.1) is 0 Å². The van der Waals surface area contributed by atoms with Crippen molar-refractivity contribution >= 4 is 22.5 Å². The van der Waals surface area contributed by atoms with E-state index in [4.69, 9.17) is 9.47 Å². The van der Waals surface area contributed by atoms with Crippen molar-refractivity contribution in [1.29, 1.82) is 0 Å². The SMILES string of the molecule is COc1ccc(-c2cc(OCC(=O)Nc3ccccc3C(F)(F)F)c3ccccc3n2)cc1. The molecule has 0 unspecified atom stereocenters. The maximum absolute atomic E-state index is 13.2. The molecule has 0 radical (unpaired) electrons. The second kappa shape index (κ2) is 9.20. The molecule has 0 fully saturated rings. The first-order valence-electron chi connectivity index (χ1n) is 9.98. The number of halogens is 3. The minimum absolute atomic E-state index is 0.322. The maximum Gasteiger partial charge on any atom is 0.418 e. The van der Waals surface area contributed by atoms with E-state index in [1.54, 1.807) is 31.4 Å². The molecule has 1 heterocycles. The van der Waals surface area contributed by atoms with Crippen molar-refractivity contribution in [3.05, 3.63) is 84.4 Å². The van der Waals surface area contributed by atoms with Crippen LogP contribution in [0.25, 0.3) is 22.2 Å². The van der Waals surface area contributed by atoms with E-state index < -0.39 is 24.3 Å². The van der Waals surface area contributed by atoms with Crippen LogP contribution in [0.1, 0.15) is 5.56 Å². The number of carbonyl (C=O) groups excluding carboxylic acids is 1. The number of pyridine rings is 1. The van der Waals surface area contributed by atoms with E-state index in [9.17, 15) is 18.0 Å². The molecule has 0 spiro atoms. The highest BCUT2D eigenvalue weighted by molar-refractivity contribution is 5.93. The predicted octanol–water partition coefficient (Wildman–Crippen LogP) is 5.95. The summed E-state index contributed by atoms with van der Waals surface area (Å²) in [5, 5.41) is 2.96. The lowest BCUT2D eigenvalue weighted by Crippen LogP contribution is -2.22. The highest BCUT2D eigenvalue weighted by Crippen LogP contribution is 2.35. The lowest BCUT2D eigenvalue weighted by atomic mass is 10.1. The highest BCUT2D eigenvalue weighted by Gasteiger charge is 2.33. The van der Waals surface area contributed by atoms with E-state index in [0.717, 1.165) is 11.6 Å². The molecule has 0 aliphatic heterocycles. The number of nitrogens with zero attached hydrogens (tertiary/aromatic N) is 1. The number of anilines is 1. The third-order valence-corrected chi connectivity index (χ3v) is 4.93. The Morgan fingerprint density at radius 3 is 2.39 bits per heavy atom. The summed E-state index contributed by atoms with van der Waals surface area (Å²) in [6, 6.07) is 21.0. The molecule has 1 N–H and O–H groups in total. The highest BCUT2D eigenvalue weighted by atomic mass is 19.4. The summed E-state index contributed by atoms with van der Waals surface area (Å²) in [6.07, 6.45) is -4.58. The number of amides is 1. The van der Waals surface area contributed by atoms with Gasteiger partial charge in [-0.05, 0) is 48.5 Å². The Balaban J connectivity index is 1.58. The first-order valence-corrected chi connectivity index (χ1v) is 9.98. The van der Waals surface area contributed by atoms with Gasteiger partial charge in [-0.2, -0.15) is 13.2 Å². The van der Waals surface area contributed by atoms with E-state index in [2.05, 4.69) is 10.3 Å². The number of nitrogens with one attached hydrogen (secondary N) is 1. The smallest absolute Gasteiger partial charge is 0.418 e. The van der Waals surface area contributed by atoms with E-state index in [1.807, 2.05) is 30.3 Å². The molecular weight excluding hydrogens is 433 g/mol. The van der Waals surface area contributed by atoms with Gasteiger partial charge in [0.05, 0.1) is 29.6 Å². The van der Waals surface area contributed by atoms with Gasteiger partial charge < -0.3 is 14.8 Å². The zero-order chi connectivity index (χ0) is 23.4. The van der Waals surface area contributed by atoms with Gasteiger partial charge >= 0.3 is 6.18 Å². The standard InChI is InChI=1S/C25H19F3N2O3/c1-32-17-12-10-16(11-13-17)22-14-23(18-6-2-4-8-20(18)29-22)33-15-24(31)30-21-9-5-3-7-19(21)25(26,27)28/h2-14H,15H2,1H3,(H,30,31). The quantitative estimate of drug-likeness (QED) is 0.393. The van der Waals surface area contributed by atoms with Gasteiger partial charge in [0.1, 0.15) is 11.5 Å². The normalized spacial score (nSPS) is 11.3. The molecule has 3 aromatic carbocycles. The van der Waals surface area contributed by atoms with E-state index in [-0.39, 0.29) is 5.69 Å². The molecule has 4 rings (SSSR count). The van der Waals surface area contributed by atoms with Crippen molar-refractivity contribution in [2.75, 3.05) is 19.0 Å². The third-order valence-electron chi connectivity index (χ3n) is 4.93. The maximum atomic E-state index is 13.2. The van der Waals surface area contributed by atoms with Crippen LogP contribution >= 0.6 is 0 Å². The van der Waals surface area contributed by atoms with Crippen LogP contribution in [0.15, 0.2) is 78.9 Å². The zero-order valence-corrected chi connectivity index (χ0v) is 17.5. The van der Waals surface area contributed by atoms with Crippen molar-refractivity contribution in [1.82, 2.24) is 4.98 Å². The van der Waals surface area contributed by atoms with Crippen molar-refractivity contribution in [3.63, 3.8) is 0 Å². The number of aromatic nitrogens is 1. The minimum Gasteiger partial charge on any atom is -0.497 e. The largest absolute Gasteiger partial charge is 0.497 e. The van der Waals surface area contributed by atoms with E-state index >= 15 is 0 Å². The van der Waals surface area contributed by atoms with E-state index in [1.165, 1.54) is 18.2 Å². The fourth-order valence-electron chi connectivity index (χ4n) is 3.34. The fraction of sp³-hybridized carbons (Fsp3) is 0.120. The van der Waals surface area contributed by atoms with Gasteiger partial charge in [0, 0.05) is 17.0 Å². The van der Waals surface area contributed by atoms with E-state index in [0.29, 0.717) is 28.1 Å². The number of fused-ring (bicyclic) bond motifs is 1. The van der Waals surface area contributed by atoms with Crippen LogP contribution in [0.4, 0.5) is 18.9 Å². The van der Waals surface area contributed by atoms with Gasteiger partial charge in [0.15, 0.2) is 6.61 Å². The molecule has 0 aliphatic rings. The molecule has 0 saturated carbocycles. The Labute approximate surface area is 187 Å². The number of rotatable bonds is 6. The van der Waals surface area contributed by atoms with Crippen molar-refractivity contribution < 1.29 is 27.4 Å². The number of carbonyl (C=O) groups is 1. The van der Waals surface area contributed by atoms with Crippen molar-refractivity contribution in [3.8, 4) is 22.8 Å². The lowest BCUT2D eigenvalue weighted by Gasteiger charge is -2.15. The Kier molecular flexibility index (Phi) is 6.17. The van der Waals surface area contributed by atoms with Crippen LogP contribution in [0, 0.1) is 0 Å². The van der Waals surface area contributed by atoms with Gasteiger partial charge in [-0.3, -0.25) is 4.79 Å². The Hall–Kier alpha value is -4.07. The minimum atomic E-state index is -4.58. The summed E-state index contributed by atoms with van der Waals surface area (Å²) >= 11 is 0. The molecule has 0 aliphatic carbocycles. The monoisotopic (exact) mass is 452 g/mol. The molecule has 33 heavy (non-hydrogen) atoms. The molecule has 0 bridgehead atoms. The second-order valence-corrected chi connectivity index (χ2v) is 7.13. The first-order chi connectivity index (χ1) is 15.8. The zero-order valence-electron chi connectivity index (χ0n) is 17.5. The number of hydrogen-bond acceptors (Lipinski definition) is 4. The molecule has 0 saturated heterocycles. The van der Waals surface area contributed by atoms with Crippen LogP contribution in [0.5, 0.6) is 11.5 Å². The van der Waals surface area contributed by atoms with Crippen LogP contribution in [0.2, 0.25) is 0 Å². The fourth-order valence-corrected chi connectivity index (χ4v) is 3.34. The average molecular weight is 452 g/mol. The molecule has 4 aromatic rings. The lowest BCUT2D eigenvalue weighted by molar-refractivity contribution is -0.137. The summed E-state index contributed by atoms with van der Waals surface area (Å²) < 4.78 is 50.5. The molecule has 1 amide bonds. The number of alkyl halides is 3. The molecule has 8 heteroatoms. The van der Waals surface area contributed by atoms with Crippen molar-refractivity contribution in [2.45, 2.75) is 6.18 Å². The topological polar surface area (TPSA) is 60.5 Å². The number of benzene rings is 3. The number of ether oxygens (including phenoxy) is 2. The molecule has 0 atom stereocenters. The Bertz CT molecular complexity index is 1290. The van der Waals surface area contributed by atoms with Crippen LogP contribution in [0.3, 0.4) is 0 Å². The van der Waals surface area contributed by atoms with Gasteiger partial charge in [0.2, 0.25) is 0 Å². The molecule has 1 aromatic heterocycles. The summed E-state index contributed by atoms with van der Waals surface area (Å²) in [7, 11) is 1.58. The molecule has 168 valence electrons. The summed E-state index contributed by atoms with van der Waals surface area (Å²) in [4.78, 5) is 17.0. The summed E-state index contributed by atoms with van der Waals surface area (Å²) in [6.45, 7) is -0.470. The number of hydrogen-bond donors (Lipinski definition) is 1. The first kappa shape index (κ1) is 22.1. The van der Waals surface area contributed by atoms with Gasteiger partial charge in [0.25, 0.3) is 5.91 Å². The van der Waals surface area contributed by atoms with Gasteiger partial charge in [-0.1, -0.05) is 24.3 Å². The third kappa shape index (κ3) is 5.06. The number of para-hydroxylation sites is 2. The molecule has 5 nitrogen and oxygen atoms in total. The molecular formula is C25H19F3N2O3. The average Bonchev–Trinajstić information content (AvgIpc) is 2.82. The van der Waals surface area contributed by atoms with Gasteiger partial charge in [-0.25, -0.2) is 4.98 Å².